The number of aromatic nitrogens is 2. The van der Waals surface area contributed by atoms with E-state index in [4.69, 9.17) is 4.52 Å². The summed E-state index contributed by atoms with van der Waals surface area (Å²) in [6, 6.07) is 10.5. The van der Waals surface area contributed by atoms with Gasteiger partial charge < -0.3 is 9.84 Å². The number of carbonyl (C=O) groups excluding carboxylic acids is 1. The fourth-order valence-corrected chi connectivity index (χ4v) is 4.50. The van der Waals surface area contributed by atoms with Gasteiger partial charge in [-0.15, -0.1) is 0 Å². The second-order valence-electron chi connectivity index (χ2n) is 7.92. The molecule has 1 aliphatic heterocycles. The van der Waals surface area contributed by atoms with Crippen molar-refractivity contribution >= 4 is 21.4 Å². The third-order valence-corrected chi connectivity index (χ3v) is 6.85. The number of carbonyl (C=O) groups is 1. The molecule has 4 rings (SSSR count). The van der Waals surface area contributed by atoms with E-state index in [-0.39, 0.29) is 18.4 Å². The van der Waals surface area contributed by atoms with Gasteiger partial charge in [-0.2, -0.15) is 13.8 Å². The SMILES string of the molecule is O=C(CN1CCCC(c2nc(-c3cccc(F)c3)no2)C1)Nc1ccc(S(=O)(=O)C(F)F)cc1. The first kappa shape index (κ1) is 23.9. The Balaban J connectivity index is 1.35. The number of rotatable bonds is 7. The quantitative estimate of drug-likeness (QED) is 0.534. The minimum Gasteiger partial charge on any atom is -0.339 e. The molecular formula is C22H21F3N4O4S. The van der Waals surface area contributed by atoms with Gasteiger partial charge in [-0.05, 0) is 55.8 Å². The van der Waals surface area contributed by atoms with Crippen molar-refractivity contribution in [1.82, 2.24) is 15.0 Å². The van der Waals surface area contributed by atoms with E-state index >= 15 is 0 Å². The zero-order valence-corrected chi connectivity index (χ0v) is 18.6. The Morgan fingerprint density at radius 1 is 1.21 bits per heavy atom. The smallest absolute Gasteiger partial charge is 0.339 e. The van der Waals surface area contributed by atoms with Crippen LogP contribution in [0.15, 0.2) is 57.9 Å². The summed E-state index contributed by atoms with van der Waals surface area (Å²) in [4.78, 5) is 18.3. The Morgan fingerprint density at radius 2 is 1.97 bits per heavy atom. The van der Waals surface area contributed by atoms with Crippen molar-refractivity contribution in [1.29, 1.82) is 0 Å². The Labute approximate surface area is 193 Å². The van der Waals surface area contributed by atoms with Gasteiger partial charge in [0.2, 0.25) is 27.5 Å². The van der Waals surface area contributed by atoms with Gasteiger partial charge in [-0.25, -0.2) is 12.8 Å². The normalized spacial score (nSPS) is 17.1. The van der Waals surface area contributed by atoms with Crippen LogP contribution in [0.2, 0.25) is 0 Å². The largest absolute Gasteiger partial charge is 0.341 e. The molecule has 1 aromatic heterocycles. The molecule has 180 valence electrons. The van der Waals surface area contributed by atoms with E-state index in [1.807, 2.05) is 4.90 Å². The second-order valence-corrected chi connectivity index (χ2v) is 9.84. The van der Waals surface area contributed by atoms with Gasteiger partial charge >= 0.3 is 5.76 Å². The number of piperidine rings is 1. The molecule has 1 N–H and O–H groups in total. The van der Waals surface area contributed by atoms with E-state index in [1.54, 1.807) is 12.1 Å². The molecule has 2 aromatic carbocycles. The molecule has 0 radical (unpaired) electrons. The van der Waals surface area contributed by atoms with Gasteiger partial charge in [0.1, 0.15) is 5.82 Å². The first-order valence-electron chi connectivity index (χ1n) is 10.5. The number of halogens is 3. The number of hydrogen-bond donors (Lipinski definition) is 1. The van der Waals surface area contributed by atoms with Gasteiger partial charge in [0, 0.05) is 17.8 Å². The maximum Gasteiger partial charge on any atom is 0.341 e. The van der Waals surface area contributed by atoms with Crippen LogP contribution in [0.1, 0.15) is 24.7 Å². The van der Waals surface area contributed by atoms with E-state index in [0.29, 0.717) is 36.1 Å². The lowest BCUT2D eigenvalue weighted by atomic mass is 9.98. The van der Waals surface area contributed by atoms with Gasteiger partial charge in [-0.3, -0.25) is 9.69 Å². The predicted molar refractivity (Wildman–Crippen MR) is 116 cm³/mol. The Morgan fingerprint density at radius 3 is 2.68 bits per heavy atom. The molecule has 34 heavy (non-hydrogen) atoms. The Hall–Kier alpha value is -3.25. The molecule has 2 heterocycles. The number of nitrogens with zero attached hydrogens (tertiary/aromatic N) is 3. The van der Waals surface area contributed by atoms with Crippen molar-refractivity contribution < 1.29 is 30.9 Å². The molecule has 1 amide bonds. The lowest BCUT2D eigenvalue weighted by Crippen LogP contribution is -2.39. The molecule has 0 aliphatic carbocycles. The van der Waals surface area contributed by atoms with E-state index in [9.17, 15) is 26.4 Å². The van der Waals surface area contributed by atoms with Crippen molar-refractivity contribution in [2.75, 3.05) is 25.0 Å². The first-order valence-corrected chi connectivity index (χ1v) is 12.0. The summed E-state index contributed by atoms with van der Waals surface area (Å²) in [6.45, 7) is 1.25. The minimum atomic E-state index is -4.69. The van der Waals surface area contributed by atoms with Crippen LogP contribution in [-0.2, 0) is 14.6 Å². The molecule has 1 fully saturated rings. The average molecular weight is 494 g/mol. The Kier molecular flexibility index (Phi) is 6.98. The molecule has 0 spiro atoms. The average Bonchev–Trinajstić information content (AvgIpc) is 3.30. The van der Waals surface area contributed by atoms with Crippen LogP contribution in [0.4, 0.5) is 18.9 Å². The molecule has 12 heteroatoms. The second kappa shape index (κ2) is 9.94. The summed E-state index contributed by atoms with van der Waals surface area (Å²) in [5.41, 5.74) is 0.804. The standard InChI is InChI=1S/C22H21F3N4O4S/c23-16-5-1-3-14(11-16)20-27-21(33-28-20)15-4-2-10-29(12-15)13-19(30)26-17-6-8-18(9-7-17)34(31,32)22(24)25/h1,3,5-9,11,15,22H,2,4,10,12-13H2,(H,26,30). The number of nitrogens with one attached hydrogen (secondary N) is 1. The van der Waals surface area contributed by atoms with Crippen LogP contribution < -0.4 is 5.32 Å². The van der Waals surface area contributed by atoms with Gasteiger partial charge in [0.15, 0.2) is 0 Å². The molecule has 0 bridgehead atoms. The molecule has 3 aromatic rings. The number of amides is 1. The lowest BCUT2D eigenvalue weighted by molar-refractivity contribution is -0.117. The predicted octanol–water partition coefficient (Wildman–Crippen LogP) is 3.69. The van der Waals surface area contributed by atoms with Gasteiger partial charge in [-0.1, -0.05) is 17.3 Å². The van der Waals surface area contributed by atoms with Gasteiger partial charge in [0.25, 0.3) is 0 Å². The highest BCUT2D eigenvalue weighted by Crippen LogP contribution is 2.28. The highest BCUT2D eigenvalue weighted by molar-refractivity contribution is 7.91. The zero-order chi connectivity index (χ0) is 24.3. The van der Waals surface area contributed by atoms with E-state index < -0.39 is 26.3 Å². The number of anilines is 1. The molecule has 1 saturated heterocycles. The maximum absolute atomic E-state index is 13.5. The van der Waals surface area contributed by atoms with Crippen LogP contribution in [-0.4, -0.2) is 54.8 Å². The zero-order valence-electron chi connectivity index (χ0n) is 17.8. The van der Waals surface area contributed by atoms with Crippen LogP contribution in [0.5, 0.6) is 0 Å². The van der Waals surface area contributed by atoms with E-state index in [0.717, 1.165) is 25.0 Å². The van der Waals surface area contributed by atoms with Crippen LogP contribution in [0, 0.1) is 5.82 Å². The summed E-state index contributed by atoms with van der Waals surface area (Å²) in [5, 5.41) is 6.57. The molecular weight excluding hydrogens is 473 g/mol. The Bertz CT molecular complexity index is 1270. The summed E-state index contributed by atoms with van der Waals surface area (Å²) < 4.78 is 67.1. The monoisotopic (exact) mass is 494 g/mol. The topological polar surface area (TPSA) is 105 Å². The third-order valence-electron chi connectivity index (χ3n) is 5.45. The summed E-state index contributed by atoms with van der Waals surface area (Å²) in [7, 11) is -4.69. The highest BCUT2D eigenvalue weighted by Gasteiger charge is 2.28. The number of benzene rings is 2. The van der Waals surface area contributed by atoms with E-state index in [1.165, 1.54) is 24.3 Å². The first-order chi connectivity index (χ1) is 16.2. The fraction of sp³-hybridized carbons (Fsp3) is 0.318. The van der Waals surface area contributed by atoms with Crippen LogP contribution in [0.3, 0.4) is 0 Å². The lowest BCUT2D eigenvalue weighted by Gasteiger charge is -2.30. The van der Waals surface area contributed by atoms with Crippen molar-refractivity contribution in [3.8, 4) is 11.4 Å². The molecule has 0 saturated carbocycles. The number of hydrogen-bond acceptors (Lipinski definition) is 7. The number of sulfone groups is 1. The number of likely N-dealkylation sites (tertiary alicyclic amines) is 1. The number of alkyl halides is 2. The van der Waals surface area contributed by atoms with Crippen molar-refractivity contribution in [3.05, 3.63) is 60.2 Å². The minimum absolute atomic E-state index is 0.0679. The molecule has 1 unspecified atom stereocenters. The molecule has 1 aliphatic rings. The van der Waals surface area contributed by atoms with Gasteiger partial charge in [0.05, 0.1) is 17.4 Å². The third kappa shape index (κ3) is 5.45. The summed E-state index contributed by atoms with van der Waals surface area (Å²) in [5.74, 6) is -3.62. The molecule has 8 nitrogen and oxygen atoms in total. The maximum atomic E-state index is 13.5. The van der Waals surface area contributed by atoms with Crippen molar-refractivity contribution in [2.24, 2.45) is 0 Å². The molecule has 1 atom stereocenters. The summed E-state index contributed by atoms with van der Waals surface area (Å²) >= 11 is 0. The van der Waals surface area contributed by atoms with Crippen molar-refractivity contribution in [2.45, 2.75) is 29.4 Å². The highest BCUT2D eigenvalue weighted by atomic mass is 32.2. The fourth-order valence-electron chi connectivity index (χ4n) is 3.78. The van der Waals surface area contributed by atoms with Crippen LogP contribution in [0.25, 0.3) is 11.4 Å². The van der Waals surface area contributed by atoms with Crippen LogP contribution >= 0.6 is 0 Å². The summed E-state index contributed by atoms with van der Waals surface area (Å²) in [6.07, 6.45) is 1.60. The van der Waals surface area contributed by atoms with Crippen molar-refractivity contribution in [3.63, 3.8) is 0 Å². The van der Waals surface area contributed by atoms with E-state index in [2.05, 4.69) is 15.5 Å².